The molecule has 0 aliphatic carbocycles. The van der Waals surface area contributed by atoms with Crippen LogP contribution in [0.25, 0.3) is 0 Å². The van der Waals surface area contributed by atoms with Crippen LogP contribution in [0.3, 0.4) is 0 Å². The maximum absolute atomic E-state index is 13.7. The molecule has 3 N–H and O–H groups in total. The van der Waals surface area contributed by atoms with Gasteiger partial charge in [-0.15, -0.1) is 11.3 Å². The van der Waals surface area contributed by atoms with Gasteiger partial charge in [0.1, 0.15) is 20.5 Å². The number of carbonyl (C=O) groups excluding carboxylic acids is 1. The predicted molar refractivity (Wildman–Crippen MR) is 136 cm³/mol. The lowest BCUT2D eigenvalue weighted by atomic mass is 10.1. The summed E-state index contributed by atoms with van der Waals surface area (Å²) < 4.78 is 32.5. The van der Waals surface area contributed by atoms with Gasteiger partial charge >= 0.3 is 0 Å². The number of sulfone groups is 1. The minimum absolute atomic E-state index is 0.0564. The smallest absolute Gasteiger partial charge is 0.211 e. The number of nitrogens with two attached hydrogens (primary N) is 1. The number of benzene rings is 3. The van der Waals surface area contributed by atoms with Crippen LogP contribution in [-0.2, 0) is 16.3 Å². The number of nitrogen functional groups attached to an aromatic ring is 1. The van der Waals surface area contributed by atoms with Gasteiger partial charge in [0.15, 0.2) is 0 Å². The molecule has 1 aromatic heterocycles. The van der Waals surface area contributed by atoms with Crippen molar-refractivity contribution >= 4 is 43.3 Å². The zero-order chi connectivity index (χ0) is 24.3. The zero-order valence-electron chi connectivity index (χ0n) is 18.7. The number of ether oxygens (including phenoxy) is 1. The Hall–Kier alpha value is -3.62. The van der Waals surface area contributed by atoms with Crippen LogP contribution in [0.1, 0.15) is 27.7 Å². The Bertz CT molecular complexity index is 1410. The molecule has 34 heavy (non-hydrogen) atoms. The molecule has 3 aromatic carbocycles. The lowest BCUT2D eigenvalue weighted by Gasteiger charge is -2.10. The number of thiophene rings is 1. The molecule has 0 aliphatic rings. The fraction of sp³-hybridized carbons (Fsp3) is 0.115. The SMILES string of the molecule is CCc1ccc(Nc2sc(C(=O)c3ccccc3)c(N)c2S(=O)(=O)c2ccc(OC)cc2)cc1. The summed E-state index contributed by atoms with van der Waals surface area (Å²) in [6.45, 7) is 2.06. The summed E-state index contributed by atoms with van der Waals surface area (Å²) in [6, 6.07) is 22.4. The number of carbonyl (C=O) groups is 1. The number of aryl methyl sites for hydroxylation is 1. The molecular weight excluding hydrogens is 468 g/mol. The topological polar surface area (TPSA) is 98.5 Å². The molecule has 0 saturated heterocycles. The second-order valence-corrected chi connectivity index (χ2v) is 10.5. The maximum atomic E-state index is 13.7. The molecule has 0 saturated carbocycles. The van der Waals surface area contributed by atoms with Crippen LogP contribution in [0.5, 0.6) is 5.75 Å². The fourth-order valence-electron chi connectivity index (χ4n) is 3.49. The van der Waals surface area contributed by atoms with E-state index in [0.717, 1.165) is 23.3 Å². The molecule has 0 fully saturated rings. The van der Waals surface area contributed by atoms with E-state index in [1.165, 1.54) is 19.2 Å². The normalized spacial score (nSPS) is 11.2. The van der Waals surface area contributed by atoms with Gasteiger partial charge in [-0.05, 0) is 48.4 Å². The number of hydrogen-bond acceptors (Lipinski definition) is 7. The van der Waals surface area contributed by atoms with Crippen molar-refractivity contribution in [2.45, 2.75) is 23.1 Å². The first-order chi connectivity index (χ1) is 16.3. The molecule has 174 valence electrons. The standard InChI is InChI=1S/C26H24N2O4S2/c1-3-17-9-11-19(12-10-17)28-26-25(34(30,31)21-15-13-20(32-2)14-16-21)22(27)24(33-26)23(29)18-7-5-4-6-8-18/h4-16,28H,3,27H2,1-2H3. The van der Waals surface area contributed by atoms with Crippen molar-refractivity contribution in [1.82, 2.24) is 0 Å². The Kier molecular flexibility index (Phi) is 6.72. The molecule has 4 rings (SSSR count). The monoisotopic (exact) mass is 492 g/mol. The van der Waals surface area contributed by atoms with E-state index in [4.69, 9.17) is 10.5 Å². The molecular formula is C26H24N2O4S2. The number of anilines is 3. The molecule has 0 atom stereocenters. The van der Waals surface area contributed by atoms with E-state index in [1.54, 1.807) is 42.5 Å². The number of methoxy groups -OCH3 is 1. The minimum Gasteiger partial charge on any atom is -0.497 e. The maximum Gasteiger partial charge on any atom is 0.211 e. The zero-order valence-corrected chi connectivity index (χ0v) is 20.4. The highest BCUT2D eigenvalue weighted by Gasteiger charge is 2.31. The average molecular weight is 493 g/mol. The van der Waals surface area contributed by atoms with Gasteiger partial charge in [0.2, 0.25) is 15.6 Å². The molecule has 0 aliphatic heterocycles. The largest absolute Gasteiger partial charge is 0.497 e. The van der Waals surface area contributed by atoms with E-state index in [2.05, 4.69) is 12.2 Å². The molecule has 0 amide bonds. The van der Waals surface area contributed by atoms with Gasteiger partial charge in [0.05, 0.1) is 17.7 Å². The highest BCUT2D eigenvalue weighted by atomic mass is 32.2. The van der Waals surface area contributed by atoms with Crippen LogP contribution < -0.4 is 15.8 Å². The Morgan fingerprint density at radius 3 is 2.21 bits per heavy atom. The molecule has 0 spiro atoms. The molecule has 1 heterocycles. The minimum atomic E-state index is -4.04. The Labute approximate surface area is 202 Å². The van der Waals surface area contributed by atoms with Gasteiger partial charge in [-0.1, -0.05) is 49.4 Å². The lowest BCUT2D eigenvalue weighted by Crippen LogP contribution is -2.08. The second kappa shape index (κ2) is 9.70. The summed E-state index contributed by atoms with van der Waals surface area (Å²) in [4.78, 5) is 13.3. The van der Waals surface area contributed by atoms with Crippen LogP contribution in [-0.4, -0.2) is 21.3 Å². The number of rotatable bonds is 8. The third-order valence-corrected chi connectivity index (χ3v) is 8.50. The number of nitrogens with one attached hydrogen (secondary N) is 1. The molecule has 6 nitrogen and oxygen atoms in total. The summed E-state index contributed by atoms with van der Waals surface area (Å²) in [5.74, 6) is 0.204. The highest BCUT2D eigenvalue weighted by Crippen LogP contribution is 2.44. The van der Waals surface area contributed by atoms with Crippen LogP contribution in [0.15, 0.2) is 88.7 Å². The van der Waals surface area contributed by atoms with Crippen molar-refractivity contribution in [3.63, 3.8) is 0 Å². The van der Waals surface area contributed by atoms with Gasteiger partial charge in [0.25, 0.3) is 0 Å². The van der Waals surface area contributed by atoms with Crippen LogP contribution in [0.4, 0.5) is 16.4 Å². The van der Waals surface area contributed by atoms with Crippen molar-refractivity contribution in [2.24, 2.45) is 0 Å². The van der Waals surface area contributed by atoms with Crippen molar-refractivity contribution in [2.75, 3.05) is 18.2 Å². The quantitative estimate of drug-likeness (QED) is 0.306. The number of hydrogen-bond donors (Lipinski definition) is 2. The van der Waals surface area contributed by atoms with Crippen molar-refractivity contribution < 1.29 is 17.9 Å². The first kappa shape index (κ1) is 23.5. The first-order valence-corrected chi connectivity index (χ1v) is 12.9. The van der Waals surface area contributed by atoms with Crippen molar-refractivity contribution in [3.8, 4) is 5.75 Å². The average Bonchev–Trinajstić information content (AvgIpc) is 3.20. The third-order valence-electron chi connectivity index (χ3n) is 5.40. The Morgan fingerprint density at radius 2 is 1.62 bits per heavy atom. The molecule has 0 unspecified atom stereocenters. The van der Waals surface area contributed by atoms with E-state index in [9.17, 15) is 13.2 Å². The third kappa shape index (κ3) is 4.55. The highest BCUT2D eigenvalue weighted by molar-refractivity contribution is 7.92. The lowest BCUT2D eigenvalue weighted by molar-refractivity contribution is 0.104. The summed E-state index contributed by atoms with van der Waals surface area (Å²) in [5.41, 5.74) is 8.59. The van der Waals surface area contributed by atoms with Crippen molar-refractivity contribution in [3.05, 3.63) is 94.9 Å². The molecule has 8 heteroatoms. The van der Waals surface area contributed by atoms with Gasteiger partial charge in [-0.2, -0.15) is 0 Å². The van der Waals surface area contributed by atoms with E-state index >= 15 is 0 Å². The Balaban J connectivity index is 1.85. The number of ketones is 1. The predicted octanol–water partition coefficient (Wildman–Crippen LogP) is 5.71. The second-order valence-electron chi connectivity index (χ2n) is 7.55. The van der Waals surface area contributed by atoms with Crippen LogP contribution in [0, 0.1) is 0 Å². The van der Waals surface area contributed by atoms with Gasteiger partial charge < -0.3 is 15.8 Å². The van der Waals surface area contributed by atoms with Crippen molar-refractivity contribution in [1.29, 1.82) is 0 Å². The van der Waals surface area contributed by atoms with E-state index in [1.807, 2.05) is 24.3 Å². The van der Waals surface area contributed by atoms with E-state index in [0.29, 0.717) is 17.0 Å². The fourth-order valence-corrected chi connectivity index (χ4v) is 6.43. The molecule has 4 aromatic rings. The van der Waals surface area contributed by atoms with E-state index < -0.39 is 9.84 Å². The summed E-state index contributed by atoms with van der Waals surface area (Å²) in [7, 11) is -2.53. The Morgan fingerprint density at radius 1 is 0.971 bits per heavy atom. The molecule has 0 radical (unpaired) electrons. The van der Waals surface area contributed by atoms with Gasteiger partial charge in [-0.25, -0.2) is 8.42 Å². The summed E-state index contributed by atoms with van der Waals surface area (Å²) >= 11 is 1.03. The summed E-state index contributed by atoms with van der Waals surface area (Å²) in [6.07, 6.45) is 0.888. The summed E-state index contributed by atoms with van der Waals surface area (Å²) in [5, 5.41) is 3.46. The van der Waals surface area contributed by atoms with Crippen LogP contribution >= 0.6 is 11.3 Å². The first-order valence-electron chi connectivity index (χ1n) is 10.6. The van der Waals surface area contributed by atoms with Gasteiger partial charge in [0, 0.05) is 11.3 Å². The van der Waals surface area contributed by atoms with E-state index in [-0.39, 0.29) is 31.1 Å². The van der Waals surface area contributed by atoms with Crippen LogP contribution in [0.2, 0.25) is 0 Å². The van der Waals surface area contributed by atoms with Gasteiger partial charge in [-0.3, -0.25) is 4.79 Å². The molecule has 0 bridgehead atoms.